The van der Waals surface area contributed by atoms with Crippen molar-refractivity contribution in [1.82, 2.24) is 9.62 Å². The quantitative estimate of drug-likeness (QED) is 0.438. The molecule has 3 aromatic carbocycles. The van der Waals surface area contributed by atoms with Crippen molar-refractivity contribution in [3.63, 3.8) is 0 Å². The minimum Gasteiger partial charge on any atom is -0.381 e. The van der Waals surface area contributed by atoms with Crippen molar-refractivity contribution in [1.29, 1.82) is 0 Å². The van der Waals surface area contributed by atoms with Crippen molar-refractivity contribution in [2.24, 2.45) is 0 Å². The number of sulfonamides is 1. The largest absolute Gasteiger partial charge is 0.381 e. The second-order valence-corrected chi connectivity index (χ2v) is 10.8. The van der Waals surface area contributed by atoms with Gasteiger partial charge in [-0.3, -0.25) is 4.79 Å². The highest BCUT2D eigenvalue weighted by molar-refractivity contribution is 7.89. The number of para-hydroxylation sites is 2. The Bertz CT molecular complexity index is 1270. The van der Waals surface area contributed by atoms with Crippen molar-refractivity contribution < 1.29 is 13.2 Å². The Labute approximate surface area is 207 Å². The number of carbonyl (C=O) groups is 1. The molecule has 0 aliphatic carbocycles. The van der Waals surface area contributed by atoms with Gasteiger partial charge in [0.05, 0.1) is 16.3 Å². The Hall–Kier alpha value is -3.20. The minimum atomic E-state index is -3.78. The number of amides is 1. The van der Waals surface area contributed by atoms with Crippen LogP contribution >= 0.6 is 0 Å². The van der Waals surface area contributed by atoms with Gasteiger partial charge in [-0.25, -0.2) is 13.1 Å². The van der Waals surface area contributed by atoms with E-state index in [4.69, 9.17) is 0 Å². The first-order valence-electron chi connectivity index (χ1n) is 11.8. The van der Waals surface area contributed by atoms with Crippen LogP contribution in [0.1, 0.15) is 34.3 Å². The lowest BCUT2D eigenvalue weighted by atomic mass is 10.0. The Morgan fingerprint density at radius 3 is 2.31 bits per heavy atom. The number of likely N-dealkylation sites (tertiary alicyclic amines) is 1. The van der Waals surface area contributed by atoms with E-state index in [2.05, 4.69) is 27.3 Å². The molecule has 1 heterocycles. The van der Waals surface area contributed by atoms with Gasteiger partial charge in [0.15, 0.2) is 0 Å². The number of aryl methyl sites for hydroxylation is 1. The highest BCUT2D eigenvalue weighted by Gasteiger charge is 2.20. The van der Waals surface area contributed by atoms with Crippen LogP contribution in [-0.2, 0) is 16.6 Å². The van der Waals surface area contributed by atoms with Crippen molar-refractivity contribution in [3.8, 4) is 0 Å². The zero-order valence-electron chi connectivity index (χ0n) is 20.1. The molecule has 1 aliphatic heterocycles. The van der Waals surface area contributed by atoms with Gasteiger partial charge in [0.25, 0.3) is 5.91 Å². The lowest BCUT2D eigenvalue weighted by Gasteiger charge is -2.30. The molecule has 3 aromatic rings. The molecule has 0 saturated carbocycles. The minimum absolute atomic E-state index is 0.0573. The number of anilines is 2. The maximum atomic E-state index is 13.2. The lowest BCUT2D eigenvalue weighted by Crippen LogP contribution is -2.36. The van der Waals surface area contributed by atoms with Crippen LogP contribution < -0.4 is 15.4 Å². The second kappa shape index (κ2) is 11.0. The number of piperidine rings is 1. The first kappa shape index (κ1) is 24.9. The first-order chi connectivity index (χ1) is 16.8. The third-order valence-electron chi connectivity index (χ3n) is 6.33. The van der Waals surface area contributed by atoms with Gasteiger partial charge >= 0.3 is 0 Å². The van der Waals surface area contributed by atoms with E-state index in [0.717, 1.165) is 37.2 Å². The number of carbonyl (C=O) groups excluding carboxylic acids is 1. The predicted molar refractivity (Wildman–Crippen MR) is 140 cm³/mol. The smallest absolute Gasteiger partial charge is 0.256 e. The molecule has 3 N–H and O–H groups in total. The predicted octanol–water partition coefficient (Wildman–Crippen LogP) is 4.23. The molecule has 1 fully saturated rings. The summed E-state index contributed by atoms with van der Waals surface area (Å²) in [4.78, 5) is 15.6. The topological polar surface area (TPSA) is 90.5 Å². The fraction of sp³-hybridized carbons (Fsp3) is 0.296. The summed E-state index contributed by atoms with van der Waals surface area (Å²) in [5.41, 5.74) is 3.41. The molecule has 0 aromatic heterocycles. The maximum absolute atomic E-state index is 13.2. The summed E-state index contributed by atoms with van der Waals surface area (Å²) in [5, 5.41) is 6.54. The van der Waals surface area contributed by atoms with E-state index in [1.807, 2.05) is 54.6 Å². The van der Waals surface area contributed by atoms with Crippen LogP contribution in [-0.4, -0.2) is 45.4 Å². The third kappa shape index (κ3) is 6.48. The molecule has 8 heteroatoms. The molecule has 1 saturated heterocycles. The molecule has 35 heavy (non-hydrogen) atoms. The second-order valence-electron chi connectivity index (χ2n) is 9.01. The summed E-state index contributed by atoms with van der Waals surface area (Å²) in [5.74, 6) is -0.347. The van der Waals surface area contributed by atoms with E-state index in [-0.39, 0.29) is 17.3 Å². The maximum Gasteiger partial charge on any atom is 0.256 e. The molecule has 0 bridgehead atoms. The number of benzene rings is 3. The summed E-state index contributed by atoms with van der Waals surface area (Å²) in [6.07, 6.45) is 2.07. The van der Waals surface area contributed by atoms with Crippen LogP contribution in [0.25, 0.3) is 0 Å². The summed E-state index contributed by atoms with van der Waals surface area (Å²) in [6.45, 7) is 4.04. The summed E-state index contributed by atoms with van der Waals surface area (Å²) in [6, 6.07) is 21.9. The van der Waals surface area contributed by atoms with E-state index in [1.54, 1.807) is 13.0 Å². The Kier molecular flexibility index (Phi) is 7.85. The van der Waals surface area contributed by atoms with Gasteiger partial charge in [-0.15, -0.1) is 0 Å². The molecular formula is C27H32N4O3S. The van der Waals surface area contributed by atoms with Crippen LogP contribution in [0, 0.1) is 6.92 Å². The highest BCUT2D eigenvalue weighted by Crippen LogP contribution is 2.26. The van der Waals surface area contributed by atoms with Gasteiger partial charge in [-0.05, 0) is 75.3 Å². The number of rotatable bonds is 8. The molecule has 1 aliphatic rings. The van der Waals surface area contributed by atoms with Crippen molar-refractivity contribution in [3.05, 3.63) is 89.5 Å². The molecular weight excluding hydrogens is 460 g/mol. The average molecular weight is 493 g/mol. The molecule has 0 radical (unpaired) electrons. The molecule has 184 valence electrons. The SMILES string of the molecule is Cc1ccc(S(=O)(=O)NCc2ccccc2)cc1C(=O)Nc1ccccc1NC1CCN(C)CC1. The van der Waals surface area contributed by atoms with Crippen LogP contribution in [0.2, 0.25) is 0 Å². The van der Waals surface area contributed by atoms with Gasteiger partial charge in [-0.2, -0.15) is 0 Å². The fourth-order valence-corrected chi connectivity index (χ4v) is 5.19. The van der Waals surface area contributed by atoms with Crippen molar-refractivity contribution >= 4 is 27.3 Å². The van der Waals surface area contributed by atoms with Crippen LogP contribution in [0.5, 0.6) is 0 Å². The number of hydrogen-bond acceptors (Lipinski definition) is 5. The van der Waals surface area contributed by atoms with Crippen LogP contribution in [0.15, 0.2) is 77.7 Å². The molecule has 4 rings (SSSR count). The number of nitrogens with zero attached hydrogens (tertiary/aromatic N) is 1. The Balaban J connectivity index is 1.49. The summed E-state index contributed by atoms with van der Waals surface area (Å²) < 4.78 is 28.4. The standard InChI is InChI=1S/C27H32N4O3S/c1-20-12-13-23(35(33,34)28-19-21-8-4-3-5-9-21)18-24(20)27(32)30-26-11-7-6-10-25(26)29-22-14-16-31(2)17-15-22/h3-13,18,22,28-29H,14-17,19H2,1-2H3,(H,30,32). The molecule has 0 spiro atoms. The Morgan fingerprint density at radius 2 is 1.60 bits per heavy atom. The average Bonchev–Trinajstić information content (AvgIpc) is 2.86. The number of hydrogen-bond donors (Lipinski definition) is 3. The molecule has 7 nitrogen and oxygen atoms in total. The highest BCUT2D eigenvalue weighted by atomic mass is 32.2. The normalized spacial score (nSPS) is 15.0. The zero-order chi connectivity index (χ0) is 24.8. The van der Waals surface area contributed by atoms with E-state index < -0.39 is 10.0 Å². The first-order valence-corrected chi connectivity index (χ1v) is 13.3. The third-order valence-corrected chi connectivity index (χ3v) is 7.73. The van der Waals surface area contributed by atoms with Crippen LogP contribution in [0.3, 0.4) is 0 Å². The van der Waals surface area contributed by atoms with E-state index in [1.165, 1.54) is 12.1 Å². The van der Waals surface area contributed by atoms with E-state index in [9.17, 15) is 13.2 Å². The van der Waals surface area contributed by atoms with Crippen molar-refractivity contribution in [2.75, 3.05) is 30.8 Å². The van der Waals surface area contributed by atoms with Gasteiger partial charge < -0.3 is 15.5 Å². The lowest BCUT2D eigenvalue weighted by molar-refractivity contribution is 0.102. The van der Waals surface area contributed by atoms with Gasteiger partial charge in [-0.1, -0.05) is 48.5 Å². The molecule has 0 unspecified atom stereocenters. The van der Waals surface area contributed by atoms with Gasteiger partial charge in [0, 0.05) is 18.2 Å². The summed E-state index contributed by atoms with van der Waals surface area (Å²) in [7, 11) is -1.66. The number of nitrogens with one attached hydrogen (secondary N) is 3. The van der Waals surface area contributed by atoms with E-state index in [0.29, 0.717) is 22.9 Å². The Morgan fingerprint density at radius 1 is 0.943 bits per heavy atom. The summed E-state index contributed by atoms with van der Waals surface area (Å²) >= 11 is 0. The van der Waals surface area contributed by atoms with Gasteiger partial charge in [0.1, 0.15) is 0 Å². The monoisotopic (exact) mass is 492 g/mol. The molecule has 0 atom stereocenters. The van der Waals surface area contributed by atoms with E-state index >= 15 is 0 Å². The van der Waals surface area contributed by atoms with Crippen molar-refractivity contribution in [2.45, 2.75) is 37.2 Å². The zero-order valence-corrected chi connectivity index (χ0v) is 20.9. The fourth-order valence-electron chi connectivity index (χ4n) is 4.15. The van der Waals surface area contributed by atoms with Gasteiger partial charge in [0.2, 0.25) is 10.0 Å². The van der Waals surface area contributed by atoms with Crippen LogP contribution in [0.4, 0.5) is 11.4 Å². The molecule has 1 amide bonds.